The minimum atomic E-state index is -3.46. The first kappa shape index (κ1) is 39.2. The zero-order chi connectivity index (χ0) is 38.0. The molecule has 0 bridgehead atoms. The van der Waals surface area contributed by atoms with Crippen LogP contribution < -0.4 is 16.4 Å². The summed E-state index contributed by atoms with van der Waals surface area (Å²) in [7, 11) is -3.46. The van der Waals surface area contributed by atoms with Gasteiger partial charge in [-0.25, -0.2) is 8.42 Å². The maximum absolute atomic E-state index is 14.3. The third kappa shape index (κ3) is 9.48. The molecular weight excluding hydrogens is 681 g/mol. The molecule has 2 aromatic rings. The SMILES string of the molecule is CC(C)(C)[C@H](NC(=O)CCC[C@H](CS(=O)(=O)Cc1ccccc1)c1ccccc1)C(=O)N1C[C@H]2[C@@H]([C@H]1C(=O)NC(CC1CC1)C(=O)C(N)=O)C2(C)C. The van der Waals surface area contributed by atoms with E-state index in [1.807, 2.05) is 69.3 Å². The third-order valence-corrected chi connectivity index (χ3v) is 12.9. The Balaban J connectivity index is 1.25. The highest BCUT2D eigenvalue weighted by molar-refractivity contribution is 7.90. The summed E-state index contributed by atoms with van der Waals surface area (Å²) >= 11 is 0. The Morgan fingerprint density at radius 3 is 2.13 bits per heavy atom. The van der Waals surface area contributed by atoms with E-state index in [2.05, 4.69) is 24.5 Å². The van der Waals surface area contributed by atoms with E-state index in [1.54, 1.807) is 12.1 Å². The lowest BCUT2D eigenvalue weighted by molar-refractivity contribution is -0.146. The molecule has 0 radical (unpaired) electrons. The first-order valence-electron chi connectivity index (χ1n) is 18.4. The van der Waals surface area contributed by atoms with Crippen molar-refractivity contribution < 1.29 is 32.4 Å². The van der Waals surface area contributed by atoms with Crippen molar-refractivity contribution >= 4 is 39.2 Å². The van der Waals surface area contributed by atoms with Crippen molar-refractivity contribution in [3.63, 3.8) is 0 Å². The predicted octanol–water partition coefficient (Wildman–Crippen LogP) is 3.91. The number of rotatable bonds is 17. The van der Waals surface area contributed by atoms with E-state index >= 15 is 0 Å². The van der Waals surface area contributed by atoms with Gasteiger partial charge in [0.15, 0.2) is 9.84 Å². The summed E-state index contributed by atoms with van der Waals surface area (Å²) in [5.41, 5.74) is 6.03. The Bertz CT molecular complexity index is 1750. The van der Waals surface area contributed by atoms with Gasteiger partial charge in [0.2, 0.25) is 23.5 Å². The highest BCUT2D eigenvalue weighted by Crippen LogP contribution is 2.65. The van der Waals surface area contributed by atoms with E-state index in [4.69, 9.17) is 5.73 Å². The molecule has 1 aliphatic heterocycles. The second-order valence-corrected chi connectivity index (χ2v) is 18.9. The Labute approximate surface area is 307 Å². The normalized spacial score (nSPS) is 22.4. The van der Waals surface area contributed by atoms with Crippen LogP contribution in [0.3, 0.4) is 0 Å². The molecule has 2 aromatic carbocycles. The maximum atomic E-state index is 14.3. The van der Waals surface area contributed by atoms with E-state index in [1.165, 1.54) is 4.90 Å². The number of nitrogens with zero attached hydrogens (tertiary/aromatic N) is 1. The summed E-state index contributed by atoms with van der Waals surface area (Å²) < 4.78 is 26.5. The molecule has 1 unspecified atom stereocenters. The van der Waals surface area contributed by atoms with Gasteiger partial charge in [-0.3, -0.25) is 24.0 Å². The summed E-state index contributed by atoms with van der Waals surface area (Å²) in [5, 5.41) is 5.73. The number of likely N-dealkylation sites (tertiary alicyclic amines) is 1. The number of amides is 4. The minimum Gasteiger partial charge on any atom is -0.363 e. The van der Waals surface area contributed by atoms with Gasteiger partial charge in [0.05, 0.1) is 17.5 Å². The Kier molecular flexibility index (Phi) is 11.7. The van der Waals surface area contributed by atoms with E-state index in [-0.39, 0.29) is 58.8 Å². The number of piperidine rings is 1. The van der Waals surface area contributed by atoms with Crippen molar-refractivity contribution in [3.8, 4) is 0 Å². The fourth-order valence-electron chi connectivity index (χ4n) is 7.98. The highest BCUT2D eigenvalue weighted by atomic mass is 32.2. The number of carbonyl (C=O) groups is 5. The van der Waals surface area contributed by atoms with Crippen LogP contribution in [0.1, 0.15) is 90.2 Å². The summed E-state index contributed by atoms with van der Waals surface area (Å²) in [6.45, 7) is 10.0. The number of carbonyl (C=O) groups excluding carboxylic acids is 5. The van der Waals surface area contributed by atoms with Crippen LogP contribution in [-0.2, 0) is 39.6 Å². The summed E-state index contributed by atoms with van der Waals surface area (Å²) in [5.74, 6) is -3.40. The number of sulfone groups is 1. The number of hydrogen-bond acceptors (Lipinski definition) is 7. The maximum Gasteiger partial charge on any atom is 0.287 e. The molecule has 11 nitrogen and oxygen atoms in total. The lowest BCUT2D eigenvalue weighted by Gasteiger charge is -2.38. The molecule has 2 aliphatic carbocycles. The van der Waals surface area contributed by atoms with Gasteiger partial charge in [-0.15, -0.1) is 0 Å². The smallest absolute Gasteiger partial charge is 0.287 e. The number of fused-ring (bicyclic) bond motifs is 1. The molecule has 6 atom stereocenters. The number of hydrogen-bond donors (Lipinski definition) is 3. The van der Waals surface area contributed by atoms with E-state index in [0.29, 0.717) is 25.8 Å². The Hall–Kier alpha value is -4.06. The van der Waals surface area contributed by atoms with Crippen LogP contribution >= 0.6 is 0 Å². The molecule has 4 amide bonds. The first-order chi connectivity index (χ1) is 24.4. The molecule has 52 heavy (non-hydrogen) atoms. The Morgan fingerprint density at radius 2 is 1.56 bits per heavy atom. The number of primary amides is 1. The molecule has 5 rings (SSSR count). The monoisotopic (exact) mass is 734 g/mol. The summed E-state index contributed by atoms with van der Waals surface area (Å²) in [4.78, 5) is 67.7. The predicted molar refractivity (Wildman–Crippen MR) is 198 cm³/mol. The van der Waals surface area contributed by atoms with Crippen molar-refractivity contribution in [3.05, 3.63) is 71.8 Å². The fourth-order valence-corrected chi connectivity index (χ4v) is 9.77. The van der Waals surface area contributed by atoms with Gasteiger partial charge in [-0.05, 0) is 64.9 Å². The van der Waals surface area contributed by atoms with Crippen molar-refractivity contribution in [2.75, 3.05) is 12.3 Å². The quantitative estimate of drug-likeness (QED) is 0.207. The lowest BCUT2D eigenvalue weighted by Crippen LogP contribution is -2.60. The summed E-state index contributed by atoms with van der Waals surface area (Å²) in [6, 6.07) is 15.7. The second kappa shape index (κ2) is 15.5. The zero-order valence-corrected chi connectivity index (χ0v) is 31.8. The van der Waals surface area contributed by atoms with Crippen molar-refractivity contribution in [1.29, 1.82) is 0 Å². The molecule has 3 aliphatic rings. The molecule has 0 aromatic heterocycles. The average Bonchev–Trinajstić information content (AvgIpc) is 3.93. The number of nitrogens with two attached hydrogens (primary N) is 1. The first-order valence-corrected chi connectivity index (χ1v) is 20.2. The molecule has 3 fully saturated rings. The molecule has 4 N–H and O–H groups in total. The standard InChI is InChI=1S/C40H54N4O7S/c1-39(2,3)35(38(49)44-22-29-32(40(29,4)5)33(44)37(48)42-30(21-25-19-20-25)34(46)36(41)47)43-31(45)18-12-17-28(27-15-10-7-11-16-27)24-52(50,51)23-26-13-8-6-9-14-26/h6-11,13-16,25,28-30,32-33,35H,12,17-24H2,1-5H3,(H2,41,47)(H,42,48)(H,43,45)/t28-,29+,30?,32+,33+,35-/m1/s1. The van der Waals surface area contributed by atoms with Gasteiger partial charge in [0.25, 0.3) is 5.91 Å². The molecule has 1 heterocycles. The van der Waals surface area contributed by atoms with Crippen molar-refractivity contribution in [2.24, 2.45) is 34.3 Å². The zero-order valence-electron chi connectivity index (χ0n) is 31.0. The second-order valence-electron chi connectivity index (χ2n) is 16.8. The van der Waals surface area contributed by atoms with Crippen LogP contribution in [0.4, 0.5) is 0 Å². The van der Waals surface area contributed by atoms with Gasteiger partial charge in [0, 0.05) is 13.0 Å². The van der Waals surface area contributed by atoms with Crippen LogP contribution in [0.25, 0.3) is 0 Å². The number of benzene rings is 2. The van der Waals surface area contributed by atoms with Crippen LogP contribution in [0.2, 0.25) is 0 Å². The number of ketones is 1. The Morgan fingerprint density at radius 1 is 0.942 bits per heavy atom. The van der Waals surface area contributed by atoms with Crippen molar-refractivity contribution in [1.82, 2.24) is 15.5 Å². The largest absolute Gasteiger partial charge is 0.363 e. The fraction of sp³-hybridized carbons (Fsp3) is 0.575. The number of nitrogens with one attached hydrogen (secondary N) is 2. The lowest BCUT2D eigenvalue weighted by atomic mass is 9.85. The van der Waals surface area contributed by atoms with Crippen LogP contribution in [-0.4, -0.2) is 73.2 Å². The van der Waals surface area contributed by atoms with Crippen molar-refractivity contribution in [2.45, 2.75) is 103 Å². The average molecular weight is 735 g/mol. The minimum absolute atomic E-state index is 0.0553. The van der Waals surface area contributed by atoms with Gasteiger partial charge >= 0.3 is 0 Å². The molecule has 282 valence electrons. The van der Waals surface area contributed by atoms with E-state index in [0.717, 1.165) is 24.0 Å². The topological polar surface area (TPSA) is 173 Å². The number of Topliss-reactive ketones (excluding diaryl/α,β-unsaturated/α-hetero) is 1. The molecule has 2 saturated carbocycles. The molecule has 12 heteroatoms. The third-order valence-electron chi connectivity index (χ3n) is 11.2. The van der Waals surface area contributed by atoms with E-state index < -0.39 is 51.0 Å². The molecular formula is C40H54N4O7S. The van der Waals surface area contributed by atoms with Gasteiger partial charge in [0.1, 0.15) is 12.1 Å². The van der Waals surface area contributed by atoms with Crippen LogP contribution in [0, 0.1) is 28.6 Å². The van der Waals surface area contributed by atoms with Crippen LogP contribution in [0.5, 0.6) is 0 Å². The van der Waals surface area contributed by atoms with Gasteiger partial charge in [-0.1, -0.05) is 108 Å². The molecule has 0 spiro atoms. The van der Waals surface area contributed by atoms with Gasteiger partial charge < -0.3 is 21.3 Å². The van der Waals surface area contributed by atoms with E-state index in [9.17, 15) is 32.4 Å². The summed E-state index contributed by atoms with van der Waals surface area (Å²) in [6.07, 6.45) is 3.10. The molecule has 1 saturated heterocycles. The van der Waals surface area contributed by atoms with Gasteiger partial charge in [-0.2, -0.15) is 0 Å². The van der Waals surface area contributed by atoms with Crippen LogP contribution in [0.15, 0.2) is 60.7 Å². The highest BCUT2D eigenvalue weighted by Gasteiger charge is 2.70.